The highest BCUT2D eigenvalue weighted by molar-refractivity contribution is 6.39. The SMILES string of the molecule is Cc1ccc(CN(Cc2ccc(CNC(=O)c3c(Cl)cncc3Cl)cc2)C2CCCc3cccnc32)[nH]1. The van der Waals surface area contributed by atoms with Crippen molar-refractivity contribution in [3.05, 3.63) is 117 Å². The van der Waals surface area contributed by atoms with Crippen molar-refractivity contribution < 1.29 is 4.79 Å². The number of rotatable bonds is 8. The largest absolute Gasteiger partial charge is 0.361 e. The Morgan fingerprint density at radius 2 is 1.81 bits per heavy atom. The maximum Gasteiger partial charge on any atom is 0.254 e. The molecule has 190 valence electrons. The van der Waals surface area contributed by atoms with Gasteiger partial charge in [-0.1, -0.05) is 53.5 Å². The normalized spacial score (nSPS) is 15.0. The maximum atomic E-state index is 12.6. The number of fused-ring (bicyclic) bond motifs is 1. The number of aryl methyl sites for hydroxylation is 2. The van der Waals surface area contributed by atoms with Crippen LogP contribution in [0, 0.1) is 6.92 Å². The summed E-state index contributed by atoms with van der Waals surface area (Å²) in [6.07, 6.45) is 8.08. The number of H-pyrrole nitrogens is 1. The summed E-state index contributed by atoms with van der Waals surface area (Å²) < 4.78 is 0. The van der Waals surface area contributed by atoms with Gasteiger partial charge in [0.05, 0.1) is 27.3 Å². The van der Waals surface area contributed by atoms with Gasteiger partial charge in [-0.25, -0.2) is 0 Å². The van der Waals surface area contributed by atoms with Crippen molar-refractivity contribution >= 4 is 29.1 Å². The van der Waals surface area contributed by atoms with E-state index in [1.807, 2.05) is 12.3 Å². The van der Waals surface area contributed by atoms with Crippen LogP contribution in [-0.4, -0.2) is 25.8 Å². The van der Waals surface area contributed by atoms with Crippen molar-refractivity contribution in [1.29, 1.82) is 0 Å². The summed E-state index contributed by atoms with van der Waals surface area (Å²) in [5.41, 5.74) is 7.37. The zero-order chi connectivity index (χ0) is 25.8. The van der Waals surface area contributed by atoms with Crippen LogP contribution in [0.2, 0.25) is 10.0 Å². The molecule has 1 aliphatic carbocycles. The highest BCUT2D eigenvalue weighted by Gasteiger charge is 2.27. The van der Waals surface area contributed by atoms with E-state index in [9.17, 15) is 4.79 Å². The standard InChI is InChI=1S/C29H29Cl2N5O/c1-19-7-12-23(35-19)18-36(26-6-2-4-22-5-3-13-33-28(22)26)17-21-10-8-20(9-11-21)14-34-29(37)27-24(30)15-32-16-25(27)31/h3,5,7-13,15-16,26,35H,2,4,6,14,17-18H2,1H3,(H,34,37). The third kappa shape index (κ3) is 6.04. The fourth-order valence-electron chi connectivity index (χ4n) is 4.99. The van der Waals surface area contributed by atoms with Gasteiger partial charge in [0.2, 0.25) is 0 Å². The molecule has 1 aromatic carbocycles. The topological polar surface area (TPSA) is 73.9 Å². The quantitative estimate of drug-likeness (QED) is 0.273. The van der Waals surface area contributed by atoms with Crippen molar-refractivity contribution in [1.82, 2.24) is 25.2 Å². The van der Waals surface area contributed by atoms with Crippen LogP contribution in [0.25, 0.3) is 0 Å². The number of benzene rings is 1. The molecule has 4 aromatic rings. The number of carbonyl (C=O) groups excluding carboxylic acids is 1. The first-order valence-corrected chi connectivity index (χ1v) is 13.2. The summed E-state index contributed by atoms with van der Waals surface area (Å²) >= 11 is 12.2. The second kappa shape index (κ2) is 11.5. The number of carbonyl (C=O) groups is 1. The molecule has 3 aromatic heterocycles. The monoisotopic (exact) mass is 533 g/mol. The number of halogens is 2. The van der Waals surface area contributed by atoms with Crippen LogP contribution >= 0.6 is 23.2 Å². The van der Waals surface area contributed by atoms with Gasteiger partial charge in [-0.2, -0.15) is 0 Å². The van der Waals surface area contributed by atoms with E-state index in [1.165, 1.54) is 34.9 Å². The van der Waals surface area contributed by atoms with Crippen molar-refractivity contribution in [2.24, 2.45) is 0 Å². The van der Waals surface area contributed by atoms with Crippen LogP contribution in [0.5, 0.6) is 0 Å². The number of hydrogen-bond acceptors (Lipinski definition) is 4. The van der Waals surface area contributed by atoms with Gasteiger partial charge in [0.15, 0.2) is 0 Å². The van der Waals surface area contributed by atoms with Gasteiger partial charge in [0, 0.05) is 49.6 Å². The van der Waals surface area contributed by atoms with E-state index in [0.717, 1.165) is 43.6 Å². The molecule has 1 atom stereocenters. The zero-order valence-corrected chi connectivity index (χ0v) is 22.2. The van der Waals surface area contributed by atoms with E-state index >= 15 is 0 Å². The third-order valence-corrected chi connectivity index (χ3v) is 7.39. The van der Waals surface area contributed by atoms with Crippen LogP contribution in [0.15, 0.2) is 67.1 Å². The summed E-state index contributed by atoms with van der Waals surface area (Å²) in [5.74, 6) is -0.322. The second-order valence-electron chi connectivity index (χ2n) is 9.50. The summed E-state index contributed by atoms with van der Waals surface area (Å²) in [6.45, 7) is 4.08. The van der Waals surface area contributed by atoms with Crippen LogP contribution in [-0.2, 0) is 26.1 Å². The van der Waals surface area contributed by atoms with E-state index in [2.05, 4.69) is 69.6 Å². The van der Waals surface area contributed by atoms with E-state index in [1.54, 1.807) is 0 Å². The molecule has 5 rings (SSSR count). The minimum absolute atomic E-state index is 0.233. The molecule has 0 aliphatic heterocycles. The molecule has 0 spiro atoms. The summed E-state index contributed by atoms with van der Waals surface area (Å²) in [6, 6.07) is 17.2. The van der Waals surface area contributed by atoms with Crippen molar-refractivity contribution in [2.75, 3.05) is 0 Å². The molecule has 1 amide bonds. The highest BCUT2D eigenvalue weighted by Crippen LogP contribution is 2.34. The highest BCUT2D eigenvalue weighted by atomic mass is 35.5. The van der Waals surface area contributed by atoms with Crippen molar-refractivity contribution in [2.45, 2.75) is 51.9 Å². The lowest BCUT2D eigenvalue weighted by atomic mass is 9.90. The Labute approximate surface area is 227 Å². The molecule has 1 unspecified atom stereocenters. The Morgan fingerprint density at radius 1 is 1.05 bits per heavy atom. The first-order valence-electron chi connectivity index (χ1n) is 12.5. The Kier molecular flexibility index (Phi) is 7.89. The first-order chi connectivity index (χ1) is 18.0. The summed E-state index contributed by atoms with van der Waals surface area (Å²) in [4.78, 5) is 27.3. The smallest absolute Gasteiger partial charge is 0.254 e. The number of hydrogen-bond donors (Lipinski definition) is 2. The van der Waals surface area contributed by atoms with Gasteiger partial charge in [-0.3, -0.25) is 19.7 Å². The average Bonchev–Trinajstić information content (AvgIpc) is 3.32. The van der Waals surface area contributed by atoms with Gasteiger partial charge < -0.3 is 10.3 Å². The molecule has 0 radical (unpaired) electrons. The van der Waals surface area contributed by atoms with Crippen LogP contribution < -0.4 is 5.32 Å². The first kappa shape index (κ1) is 25.5. The Bertz CT molecular complexity index is 1370. The van der Waals surface area contributed by atoms with Gasteiger partial charge in [-0.05, 0) is 61.1 Å². The summed E-state index contributed by atoms with van der Waals surface area (Å²) in [5, 5.41) is 3.36. The number of pyridine rings is 2. The summed E-state index contributed by atoms with van der Waals surface area (Å²) in [7, 11) is 0. The lowest BCUT2D eigenvalue weighted by Crippen LogP contribution is -2.31. The minimum Gasteiger partial charge on any atom is -0.361 e. The van der Waals surface area contributed by atoms with Crippen LogP contribution in [0.1, 0.15) is 63.0 Å². The average molecular weight is 534 g/mol. The lowest BCUT2D eigenvalue weighted by molar-refractivity contribution is 0.0951. The van der Waals surface area contributed by atoms with Gasteiger partial charge in [0.25, 0.3) is 5.91 Å². The molecule has 0 fully saturated rings. The Morgan fingerprint density at radius 3 is 2.54 bits per heavy atom. The predicted molar refractivity (Wildman–Crippen MR) is 147 cm³/mol. The van der Waals surface area contributed by atoms with E-state index < -0.39 is 0 Å². The number of aromatic nitrogens is 3. The fourth-order valence-corrected chi connectivity index (χ4v) is 5.52. The van der Waals surface area contributed by atoms with E-state index in [0.29, 0.717) is 6.54 Å². The number of nitrogens with one attached hydrogen (secondary N) is 2. The molecule has 37 heavy (non-hydrogen) atoms. The lowest BCUT2D eigenvalue weighted by Gasteiger charge is -2.35. The van der Waals surface area contributed by atoms with Gasteiger partial charge in [0.1, 0.15) is 0 Å². The maximum absolute atomic E-state index is 12.6. The Hall–Kier alpha value is -3.19. The van der Waals surface area contributed by atoms with Crippen molar-refractivity contribution in [3.8, 4) is 0 Å². The number of amides is 1. The zero-order valence-electron chi connectivity index (χ0n) is 20.7. The molecule has 0 saturated carbocycles. The third-order valence-electron chi connectivity index (χ3n) is 6.81. The van der Waals surface area contributed by atoms with E-state index in [4.69, 9.17) is 28.2 Å². The van der Waals surface area contributed by atoms with E-state index in [-0.39, 0.29) is 27.6 Å². The molecule has 2 N–H and O–H groups in total. The molecule has 0 saturated heterocycles. The molecule has 3 heterocycles. The van der Waals surface area contributed by atoms with Gasteiger partial charge in [-0.15, -0.1) is 0 Å². The number of nitrogens with zero attached hydrogens (tertiary/aromatic N) is 3. The molecule has 0 bridgehead atoms. The molecule has 8 heteroatoms. The molecule has 1 aliphatic rings. The number of aromatic amines is 1. The minimum atomic E-state index is -0.322. The molecular weight excluding hydrogens is 505 g/mol. The van der Waals surface area contributed by atoms with Crippen molar-refractivity contribution in [3.63, 3.8) is 0 Å². The fraction of sp³-hybridized carbons (Fsp3) is 0.276. The van der Waals surface area contributed by atoms with Gasteiger partial charge >= 0.3 is 0 Å². The molecular formula is C29H29Cl2N5O. The van der Waals surface area contributed by atoms with Crippen LogP contribution in [0.4, 0.5) is 0 Å². The molecule has 6 nitrogen and oxygen atoms in total. The van der Waals surface area contributed by atoms with Crippen LogP contribution in [0.3, 0.4) is 0 Å². The Balaban J connectivity index is 1.30. The second-order valence-corrected chi connectivity index (χ2v) is 10.3. The predicted octanol–water partition coefficient (Wildman–Crippen LogP) is 6.43.